The van der Waals surface area contributed by atoms with Gasteiger partial charge >= 0.3 is 0 Å². The van der Waals surface area contributed by atoms with Crippen molar-refractivity contribution in [2.75, 3.05) is 0 Å². The van der Waals surface area contributed by atoms with Gasteiger partial charge in [-0.3, -0.25) is 16.0 Å². The third-order valence-corrected chi connectivity index (χ3v) is 3.34. The second-order valence-electron chi connectivity index (χ2n) is 4.52. The Balaban J connectivity index is 2.23. The van der Waals surface area contributed by atoms with Gasteiger partial charge in [0.25, 0.3) is 0 Å². The number of hydrogen-bond acceptors (Lipinski definition) is 3. The van der Waals surface area contributed by atoms with E-state index in [1.54, 1.807) is 16.8 Å². The quantitative estimate of drug-likeness (QED) is 0.668. The molecule has 2 aromatic rings. The maximum Gasteiger partial charge on any atom is 0.141 e. The zero-order valence-electron chi connectivity index (χ0n) is 10.8. The van der Waals surface area contributed by atoms with E-state index >= 15 is 0 Å². The van der Waals surface area contributed by atoms with Crippen molar-refractivity contribution in [2.45, 2.75) is 19.4 Å². The number of halogens is 2. The fraction of sp³-hybridized carbons (Fsp3) is 0.308. The average Bonchev–Trinajstić information content (AvgIpc) is 2.70. The monoisotopic (exact) mass is 282 g/mol. The third-order valence-electron chi connectivity index (χ3n) is 3.05. The highest BCUT2D eigenvalue weighted by molar-refractivity contribution is 6.30. The lowest BCUT2D eigenvalue weighted by atomic mass is 10.00. The van der Waals surface area contributed by atoms with Gasteiger partial charge in [0.05, 0.1) is 16.8 Å². The molecule has 1 unspecified atom stereocenters. The zero-order chi connectivity index (χ0) is 14.0. The predicted octanol–water partition coefficient (Wildman–Crippen LogP) is 2.27. The van der Waals surface area contributed by atoms with Gasteiger partial charge in [-0.2, -0.15) is 5.10 Å². The molecule has 0 radical (unpaired) electrons. The molecule has 1 atom stereocenters. The number of benzene rings is 1. The molecule has 6 heteroatoms. The van der Waals surface area contributed by atoms with Crippen molar-refractivity contribution in [3.63, 3.8) is 0 Å². The minimum absolute atomic E-state index is 0.0878. The van der Waals surface area contributed by atoms with Gasteiger partial charge in [-0.1, -0.05) is 17.7 Å². The molecule has 1 heterocycles. The Morgan fingerprint density at radius 2 is 2.26 bits per heavy atom. The fourth-order valence-corrected chi connectivity index (χ4v) is 2.32. The molecule has 4 nitrogen and oxygen atoms in total. The van der Waals surface area contributed by atoms with E-state index < -0.39 is 5.82 Å². The molecule has 0 saturated heterocycles. The number of nitrogens with zero attached hydrogens (tertiary/aromatic N) is 2. The normalized spacial score (nSPS) is 12.7. The third kappa shape index (κ3) is 3.12. The van der Waals surface area contributed by atoms with Crippen molar-refractivity contribution in [1.29, 1.82) is 0 Å². The lowest BCUT2D eigenvalue weighted by Crippen LogP contribution is -2.29. The highest BCUT2D eigenvalue weighted by atomic mass is 35.5. The van der Waals surface area contributed by atoms with Gasteiger partial charge in [-0.05, 0) is 31.0 Å². The number of rotatable bonds is 4. The van der Waals surface area contributed by atoms with E-state index in [9.17, 15) is 4.39 Å². The summed E-state index contributed by atoms with van der Waals surface area (Å²) in [5, 5.41) is 4.41. The van der Waals surface area contributed by atoms with Crippen molar-refractivity contribution < 1.29 is 4.39 Å². The molecule has 19 heavy (non-hydrogen) atoms. The topological polar surface area (TPSA) is 55.9 Å². The number of hydrogen-bond donors (Lipinski definition) is 2. The fourth-order valence-electron chi connectivity index (χ4n) is 2.12. The largest absolute Gasteiger partial charge is 0.275 e. The summed E-state index contributed by atoms with van der Waals surface area (Å²) < 4.78 is 14.9. The zero-order valence-corrected chi connectivity index (χ0v) is 11.6. The first-order valence-corrected chi connectivity index (χ1v) is 6.29. The Hall–Kier alpha value is -1.43. The van der Waals surface area contributed by atoms with Crippen LogP contribution >= 0.6 is 11.6 Å². The predicted molar refractivity (Wildman–Crippen MR) is 73.1 cm³/mol. The van der Waals surface area contributed by atoms with Gasteiger partial charge in [0, 0.05) is 18.8 Å². The molecule has 0 fully saturated rings. The van der Waals surface area contributed by atoms with Gasteiger partial charge < -0.3 is 0 Å². The van der Waals surface area contributed by atoms with E-state index in [2.05, 4.69) is 10.5 Å². The second kappa shape index (κ2) is 5.69. The number of nitrogens with one attached hydrogen (secondary N) is 1. The average molecular weight is 283 g/mol. The summed E-state index contributed by atoms with van der Waals surface area (Å²) in [5.74, 6) is 5.19. The molecule has 0 spiro atoms. The van der Waals surface area contributed by atoms with Crippen LogP contribution in [0.2, 0.25) is 5.02 Å². The van der Waals surface area contributed by atoms with Crippen LogP contribution in [0.3, 0.4) is 0 Å². The molecule has 1 aromatic carbocycles. The Morgan fingerprint density at radius 1 is 1.53 bits per heavy atom. The number of aromatic nitrogens is 2. The number of nitrogens with two attached hydrogens (primary N) is 1. The first-order valence-electron chi connectivity index (χ1n) is 5.91. The van der Waals surface area contributed by atoms with Gasteiger partial charge in [0.15, 0.2) is 0 Å². The first kappa shape index (κ1) is 14.0. The highest BCUT2D eigenvalue weighted by Crippen LogP contribution is 2.23. The van der Waals surface area contributed by atoms with Crippen LogP contribution in [0.25, 0.3) is 0 Å². The van der Waals surface area contributed by atoms with Crippen LogP contribution in [0.5, 0.6) is 0 Å². The molecule has 0 bridgehead atoms. The molecular weight excluding hydrogens is 267 g/mol. The number of aryl methyl sites for hydroxylation is 2. The van der Waals surface area contributed by atoms with Crippen molar-refractivity contribution in [2.24, 2.45) is 12.9 Å². The number of hydrazine groups is 1. The van der Waals surface area contributed by atoms with E-state index in [4.69, 9.17) is 17.4 Å². The molecule has 1 aromatic heterocycles. The standard InChI is InChI=1S/C13H16ClFN4/c1-8-10(7-19(2)18-8)13(17-16)6-9-3-4-12(15)11(14)5-9/h3-5,7,13,17H,6,16H2,1-2H3. The summed E-state index contributed by atoms with van der Waals surface area (Å²) in [4.78, 5) is 0. The van der Waals surface area contributed by atoms with Crippen LogP contribution in [0, 0.1) is 12.7 Å². The summed E-state index contributed by atoms with van der Waals surface area (Å²) in [5.41, 5.74) is 5.61. The SMILES string of the molecule is Cc1nn(C)cc1C(Cc1ccc(F)c(Cl)c1)NN. The van der Waals surface area contributed by atoms with E-state index in [0.29, 0.717) is 6.42 Å². The van der Waals surface area contributed by atoms with Crippen LogP contribution in [-0.2, 0) is 13.5 Å². The highest BCUT2D eigenvalue weighted by Gasteiger charge is 2.16. The maximum atomic E-state index is 13.1. The molecule has 0 saturated carbocycles. The Morgan fingerprint density at radius 3 is 2.79 bits per heavy atom. The van der Waals surface area contributed by atoms with Gasteiger partial charge in [-0.15, -0.1) is 0 Å². The first-order chi connectivity index (χ1) is 9.01. The summed E-state index contributed by atoms with van der Waals surface area (Å²) in [6.45, 7) is 1.93. The maximum absolute atomic E-state index is 13.1. The summed E-state index contributed by atoms with van der Waals surface area (Å²) in [6, 6.07) is 4.60. The molecular formula is C13H16ClFN4. The molecule has 3 N–H and O–H groups in total. The van der Waals surface area contributed by atoms with E-state index in [-0.39, 0.29) is 11.1 Å². The molecule has 2 rings (SSSR count). The summed E-state index contributed by atoms with van der Waals surface area (Å²) >= 11 is 5.78. The second-order valence-corrected chi connectivity index (χ2v) is 4.92. The lowest BCUT2D eigenvalue weighted by Gasteiger charge is -2.15. The van der Waals surface area contributed by atoms with Crippen LogP contribution < -0.4 is 11.3 Å². The smallest absolute Gasteiger partial charge is 0.141 e. The lowest BCUT2D eigenvalue weighted by molar-refractivity contribution is 0.548. The van der Waals surface area contributed by atoms with Crippen molar-refractivity contribution in [1.82, 2.24) is 15.2 Å². The van der Waals surface area contributed by atoms with Gasteiger partial charge in [0.1, 0.15) is 5.82 Å². The summed E-state index contributed by atoms with van der Waals surface area (Å²) in [7, 11) is 1.86. The Kier molecular flexibility index (Phi) is 4.19. The minimum atomic E-state index is -0.416. The van der Waals surface area contributed by atoms with Crippen LogP contribution in [0.15, 0.2) is 24.4 Å². The molecule has 0 amide bonds. The van der Waals surface area contributed by atoms with Gasteiger partial charge in [0.2, 0.25) is 0 Å². The minimum Gasteiger partial charge on any atom is -0.275 e. The Labute approximate surface area is 116 Å². The summed E-state index contributed by atoms with van der Waals surface area (Å²) in [6.07, 6.45) is 2.54. The van der Waals surface area contributed by atoms with Crippen LogP contribution in [0.4, 0.5) is 4.39 Å². The molecule has 0 aliphatic rings. The van der Waals surface area contributed by atoms with Gasteiger partial charge in [-0.25, -0.2) is 4.39 Å². The molecule has 102 valence electrons. The van der Waals surface area contributed by atoms with E-state index in [0.717, 1.165) is 16.8 Å². The van der Waals surface area contributed by atoms with Crippen LogP contribution in [0.1, 0.15) is 22.9 Å². The van der Waals surface area contributed by atoms with Crippen molar-refractivity contribution in [3.8, 4) is 0 Å². The molecule has 0 aliphatic carbocycles. The van der Waals surface area contributed by atoms with E-state index in [1.807, 2.05) is 20.2 Å². The van der Waals surface area contributed by atoms with Crippen molar-refractivity contribution in [3.05, 3.63) is 52.1 Å². The van der Waals surface area contributed by atoms with E-state index in [1.165, 1.54) is 6.07 Å². The van der Waals surface area contributed by atoms with Crippen LogP contribution in [-0.4, -0.2) is 9.78 Å². The Bertz CT molecular complexity index is 582. The van der Waals surface area contributed by atoms with Crippen molar-refractivity contribution >= 4 is 11.6 Å². The molecule has 0 aliphatic heterocycles.